The lowest BCUT2D eigenvalue weighted by atomic mass is 10.0. The minimum absolute atomic E-state index is 0.0669. The molecule has 0 N–H and O–H groups in total. The summed E-state index contributed by atoms with van der Waals surface area (Å²) in [6, 6.07) is 0. The van der Waals surface area contributed by atoms with Gasteiger partial charge in [0.1, 0.15) is 13.2 Å². The van der Waals surface area contributed by atoms with Crippen LogP contribution in [0, 0.1) is 0 Å². The van der Waals surface area contributed by atoms with Crippen LogP contribution < -0.4 is 0 Å². The Kier molecular flexibility index (Phi) is 66.6. The van der Waals surface area contributed by atoms with Crippen LogP contribution in [0.25, 0.3) is 0 Å². The van der Waals surface area contributed by atoms with Crippen LogP contribution in [0.4, 0.5) is 0 Å². The van der Waals surface area contributed by atoms with Gasteiger partial charge in [-0.3, -0.25) is 14.4 Å². The van der Waals surface area contributed by atoms with E-state index >= 15 is 0 Å². The van der Waals surface area contributed by atoms with E-state index in [-0.39, 0.29) is 31.1 Å². The number of carbonyl (C=O) groups excluding carboxylic acids is 3. The van der Waals surface area contributed by atoms with E-state index in [2.05, 4.69) is 45.1 Å². The van der Waals surface area contributed by atoms with Gasteiger partial charge in [0.05, 0.1) is 0 Å². The van der Waals surface area contributed by atoms with Crippen molar-refractivity contribution in [3.63, 3.8) is 0 Å². The minimum Gasteiger partial charge on any atom is -0.462 e. The predicted octanol–water partition coefficient (Wildman–Crippen LogP) is 24.6. The number of esters is 3. The molecule has 0 bridgehead atoms. The lowest BCUT2D eigenvalue weighted by molar-refractivity contribution is -0.167. The van der Waals surface area contributed by atoms with E-state index in [1.165, 1.54) is 302 Å². The molecule has 0 aliphatic heterocycles. The molecule has 0 aromatic rings. The molecule has 0 saturated heterocycles. The summed E-state index contributed by atoms with van der Waals surface area (Å²) in [6.45, 7) is 6.67. The molecule has 0 fully saturated rings. The molecule has 0 radical (unpaired) electrons. The first-order valence-corrected chi connectivity index (χ1v) is 35.8. The summed E-state index contributed by atoms with van der Waals surface area (Å²) in [5.41, 5.74) is 0. The molecule has 0 heterocycles. The number of ether oxygens (including phenoxy) is 3. The van der Waals surface area contributed by atoms with Crippen LogP contribution in [0.2, 0.25) is 0 Å². The van der Waals surface area contributed by atoms with E-state index in [1.807, 2.05) is 0 Å². The maximum absolute atomic E-state index is 12.9. The molecule has 0 aliphatic carbocycles. The maximum atomic E-state index is 12.9. The van der Waals surface area contributed by atoms with Crippen LogP contribution in [0.5, 0.6) is 0 Å². The number of unbranched alkanes of at least 4 members (excludes halogenated alkanes) is 52. The van der Waals surface area contributed by atoms with Crippen LogP contribution >= 0.6 is 0 Å². The molecule has 6 nitrogen and oxygen atoms in total. The van der Waals surface area contributed by atoms with Crippen molar-refractivity contribution in [2.24, 2.45) is 0 Å². The second kappa shape index (κ2) is 68.4. The Morgan fingerprint density at radius 3 is 0.722 bits per heavy atom. The third-order valence-electron chi connectivity index (χ3n) is 16.5. The van der Waals surface area contributed by atoms with Gasteiger partial charge in [-0.05, 0) is 51.4 Å². The van der Waals surface area contributed by atoms with Gasteiger partial charge in [-0.25, -0.2) is 0 Å². The Hall–Kier alpha value is -2.11. The predicted molar refractivity (Wildman–Crippen MR) is 344 cm³/mol. The van der Waals surface area contributed by atoms with Gasteiger partial charge in [-0.1, -0.05) is 360 Å². The molecule has 0 saturated carbocycles. The molecule has 0 aliphatic rings. The van der Waals surface area contributed by atoms with Crippen molar-refractivity contribution in [3.8, 4) is 0 Å². The van der Waals surface area contributed by atoms with E-state index in [0.29, 0.717) is 19.3 Å². The number of carbonyl (C=O) groups is 3. The Bertz CT molecular complexity index is 1270. The van der Waals surface area contributed by atoms with Gasteiger partial charge in [-0.15, -0.1) is 0 Å². The van der Waals surface area contributed by atoms with Crippen molar-refractivity contribution < 1.29 is 28.6 Å². The topological polar surface area (TPSA) is 78.9 Å². The molecule has 0 amide bonds. The Morgan fingerprint density at radius 2 is 0.456 bits per heavy atom. The summed E-state index contributed by atoms with van der Waals surface area (Å²) >= 11 is 0. The summed E-state index contributed by atoms with van der Waals surface area (Å²) in [4.78, 5) is 38.3. The second-order valence-electron chi connectivity index (χ2n) is 24.5. The van der Waals surface area contributed by atoms with Gasteiger partial charge in [-0.2, -0.15) is 0 Å². The van der Waals surface area contributed by atoms with Gasteiger partial charge in [0.15, 0.2) is 6.10 Å². The Morgan fingerprint density at radius 1 is 0.253 bits per heavy atom. The number of rotatable bonds is 67. The molecule has 79 heavy (non-hydrogen) atoms. The molecule has 1 atom stereocenters. The van der Waals surface area contributed by atoms with E-state index in [9.17, 15) is 14.4 Å². The highest BCUT2D eigenvalue weighted by Crippen LogP contribution is 2.19. The molecule has 0 aromatic carbocycles. The summed E-state index contributed by atoms with van der Waals surface area (Å²) in [5.74, 6) is -0.844. The summed E-state index contributed by atoms with van der Waals surface area (Å²) in [6.07, 6.45) is 83.8. The van der Waals surface area contributed by atoms with Gasteiger partial charge in [0, 0.05) is 19.3 Å². The fraction of sp³-hybridized carbons (Fsp3) is 0.904. The fourth-order valence-corrected chi connectivity index (χ4v) is 11.1. The summed E-state index contributed by atoms with van der Waals surface area (Å²) in [7, 11) is 0. The normalized spacial score (nSPS) is 12.1. The lowest BCUT2D eigenvalue weighted by Gasteiger charge is -2.18. The first-order valence-electron chi connectivity index (χ1n) is 35.8. The third kappa shape index (κ3) is 66.6. The average Bonchev–Trinajstić information content (AvgIpc) is 3.45. The lowest BCUT2D eigenvalue weighted by Crippen LogP contribution is -2.30. The first kappa shape index (κ1) is 76.9. The van der Waals surface area contributed by atoms with Crippen molar-refractivity contribution in [2.45, 2.75) is 412 Å². The number of hydrogen-bond donors (Lipinski definition) is 0. The standard InChI is InChI=1S/C73H138O6/c1-4-7-10-13-16-19-22-24-26-28-30-31-32-33-34-35-36-37-38-39-40-41-42-44-45-47-49-51-54-57-60-63-66-72(75)78-69-70(68-77-71(74)65-62-59-56-53-21-18-15-12-9-6-3)79-73(76)67-64-61-58-55-52-50-48-46-43-29-27-25-23-20-17-14-11-8-5-2/h17,20,25,27,70H,4-16,18-19,21-24,26,28-69H2,1-3H3/b20-17-,27-25-. The number of hydrogen-bond acceptors (Lipinski definition) is 6. The highest BCUT2D eigenvalue weighted by atomic mass is 16.6. The third-order valence-corrected chi connectivity index (χ3v) is 16.5. The smallest absolute Gasteiger partial charge is 0.306 e. The fourth-order valence-electron chi connectivity index (χ4n) is 11.1. The zero-order valence-corrected chi connectivity index (χ0v) is 53.7. The molecule has 6 heteroatoms. The van der Waals surface area contributed by atoms with E-state index in [0.717, 1.165) is 64.2 Å². The van der Waals surface area contributed by atoms with Gasteiger partial charge in [0.2, 0.25) is 0 Å². The zero-order chi connectivity index (χ0) is 57.1. The van der Waals surface area contributed by atoms with Crippen LogP contribution in [0.3, 0.4) is 0 Å². The quantitative estimate of drug-likeness (QED) is 0.0261. The van der Waals surface area contributed by atoms with E-state index in [1.54, 1.807) is 0 Å². The molecular formula is C73H138O6. The summed E-state index contributed by atoms with van der Waals surface area (Å²) < 4.78 is 16.9. The van der Waals surface area contributed by atoms with Gasteiger partial charge in [0.25, 0.3) is 0 Å². The Labute approximate surface area is 493 Å². The van der Waals surface area contributed by atoms with Crippen LogP contribution in [0.15, 0.2) is 24.3 Å². The molecule has 1 unspecified atom stereocenters. The van der Waals surface area contributed by atoms with Crippen molar-refractivity contribution in [2.75, 3.05) is 13.2 Å². The molecule has 0 rings (SSSR count). The molecular weight excluding hydrogens is 973 g/mol. The minimum atomic E-state index is -0.769. The molecule has 0 spiro atoms. The second-order valence-corrected chi connectivity index (χ2v) is 24.5. The maximum Gasteiger partial charge on any atom is 0.306 e. The SMILES string of the molecule is CCCCC/C=C\C/C=C\CCCCCCCCCCCC(=O)OC(COC(=O)CCCCCCCCCCCC)COC(=O)CCCCCCCCCCCCCCCCCCCCCCCCCCCCCCCCCC. The van der Waals surface area contributed by atoms with Crippen LogP contribution in [0.1, 0.15) is 406 Å². The van der Waals surface area contributed by atoms with Crippen molar-refractivity contribution in [1.82, 2.24) is 0 Å². The Balaban J connectivity index is 4.05. The monoisotopic (exact) mass is 1110 g/mol. The van der Waals surface area contributed by atoms with Crippen LogP contribution in [-0.4, -0.2) is 37.2 Å². The highest BCUT2D eigenvalue weighted by Gasteiger charge is 2.19. The molecule has 0 aromatic heterocycles. The van der Waals surface area contributed by atoms with E-state index in [4.69, 9.17) is 14.2 Å². The van der Waals surface area contributed by atoms with Gasteiger partial charge >= 0.3 is 17.9 Å². The number of allylic oxidation sites excluding steroid dienone is 4. The zero-order valence-electron chi connectivity index (χ0n) is 53.7. The highest BCUT2D eigenvalue weighted by molar-refractivity contribution is 5.71. The summed E-state index contributed by atoms with van der Waals surface area (Å²) in [5, 5.41) is 0. The van der Waals surface area contributed by atoms with Crippen molar-refractivity contribution in [3.05, 3.63) is 24.3 Å². The van der Waals surface area contributed by atoms with Crippen molar-refractivity contribution in [1.29, 1.82) is 0 Å². The van der Waals surface area contributed by atoms with E-state index < -0.39 is 6.10 Å². The van der Waals surface area contributed by atoms with Crippen LogP contribution in [-0.2, 0) is 28.6 Å². The first-order chi connectivity index (χ1) is 39.0. The molecule has 466 valence electrons. The van der Waals surface area contributed by atoms with Crippen molar-refractivity contribution >= 4 is 17.9 Å². The average molecular weight is 1110 g/mol. The largest absolute Gasteiger partial charge is 0.462 e. The van der Waals surface area contributed by atoms with Gasteiger partial charge < -0.3 is 14.2 Å².